The van der Waals surface area contributed by atoms with Gasteiger partial charge in [0.15, 0.2) is 11.5 Å². The van der Waals surface area contributed by atoms with Gasteiger partial charge in [0, 0.05) is 0 Å². The van der Waals surface area contributed by atoms with Crippen molar-refractivity contribution >= 4 is 0 Å². The molecule has 2 nitrogen and oxygen atoms in total. The van der Waals surface area contributed by atoms with Crippen molar-refractivity contribution in [3.05, 3.63) is 23.8 Å². The van der Waals surface area contributed by atoms with Crippen LogP contribution in [-0.4, -0.2) is 14.2 Å². The number of rotatable bonds is 3. The first-order valence-electron chi connectivity index (χ1n) is 4.36. The molecule has 0 aromatic heterocycles. The Labute approximate surface area is 85.9 Å². The average molecular weight is 192 g/mol. The lowest BCUT2D eigenvalue weighted by molar-refractivity contribution is 0.354. The molecule has 0 fully saturated rings. The first-order chi connectivity index (χ1) is 6.81. The summed E-state index contributed by atoms with van der Waals surface area (Å²) in [4.78, 5) is 0. The summed E-state index contributed by atoms with van der Waals surface area (Å²) in [6.07, 6.45) is 9.01. The van der Waals surface area contributed by atoms with Crippen molar-refractivity contribution in [1.82, 2.24) is 0 Å². The van der Waals surface area contributed by atoms with Crippen LogP contribution >= 0.6 is 0 Å². The predicted octanol–water partition coefficient (Wildman–Crippen LogP) is 2.52. The van der Waals surface area contributed by atoms with Gasteiger partial charge in [-0.25, -0.2) is 0 Å². The van der Waals surface area contributed by atoms with Crippen LogP contribution in [-0.2, 0) is 6.42 Å². The van der Waals surface area contributed by atoms with Crippen molar-refractivity contribution in [1.29, 1.82) is 0 Å². The molecular weight excluding hydrogens is 176 g/mol. The van der Waals surface area contributed by atoms with Crippen molar-refractivity contribution in [3.63, 3.8) is 0 Å². The lowest BCUT2D eigenvalue weighted by Crippen LogP contribution is -1.91. The molecule has 0 amide bonds. The van der Waals surface area contributed by atoms with Gasteiger partial charge < -0.3 is 9.47 Å². The largest absolute Gasteiger partial charge is 0.493 e. The molecule has 0 aliphatic heterocycles. The summed E-state index contributed by atoms with van der Waals surface area (Å²) in [5.74, 6) is 1.59. The summed E-state index contributed by atoms with van der Waals surface area (Å²) in [5.41, 5.74) is 1.26. The highest BCUT2D eigenvalue weighted by molar-refractivity contribution is 5.42. The van der Waals surface area contributed by atoms with E-state index in [4.69, 9.17) is 9.47 Å². The molecular formula is C12H16O2. The zero-order valence-electron chi connectivity index (χ0n) is 8.91. The Morgan fingerprint density at radius 3 is 2.07 bits per heavy atom. The van der Waals surface area contributed by atoms with E-state index in [1.165, 1.54) is 5.56 Å². The lowest BCUT2D eigenvalue weighted by atomic mass is 10.1. The molecule has 2 heteroatoms. The molecule has 0 bridgehead atoms. The third kappa shape index (κ3) is 3.02. The van der Waals surface area contributed by atoms with Gasteiger partial charge in [0.05, 0.1) is 14.2 Å². The molecule has 0 aliphatic rings. The Bertz CT molecular complexity index is 290. The summed E-state index contributed by atoms with van der Waals surface area (Å²) in [5, 5.41) is 0. The molecule has 0 N–H and O–H groups in total. The van der Waals surface area contributed by atoms with Crippen molar-refractivity contribution in [2.45, 2.75) is 13.3 Å². The number of hydrogen-bond donors (Lipinski definition) is 0. The minimum absolute atomic E-state index is 0.787. The number of methoxy groups -OCH3 is 2. The SMILES string of the molecule is C#C.CCc1ccc(OC)c(OC)c1. The highest BCUT2D eigenvalue weighted by Crippen LogP contribution is 2.27. The summed E-state index contributed by atoms with van der Waals surface area (Å²) in [7, 11) is 3.29. The summed E-state index contributed by atoms with van der Waals surface area (Å²) in [6.45, 7) is 2.11. The van der Waals surface area contributed by atoms with Gasteiger partial charge in [-0.1, -0.05) is 13.0 Å². The Kier molecular flexibility index (Phi) is 6.06. The topological polar surface area (TPSA) is 18.5 Å². The maximum absolute atomic E-state index is 5.15. The lowest BCUT2D eigenvalue weighted by Gasteiger charge is -2.07. The molecule has 0 atom stereocenters. The van der Waals surface area contributed by atoms with Gasteiger partial charge in [-0.15, -0.1) is 12.8 Å². The Hall–Kier alpha value is -1.62. The van der Waals surface area contributed by atoms with Gasteiger partial charge in [-0.05, 0) is 24.1 Å². The fraction of sp³-hybridized carbons (Fsp3) is 0.333. The van der Waals surface area contributed by atoms with Crippen LogP contribution < -0.4 is 9.47 Å². The van der Waals surface area contributed by atoms with Crippen molar-refractivity contribution < 1.29 is 9.47 Å². The minimum Gasteiger partial charge on any atom is -0.493 e. The van der Waals surface area contributed by atoms with Crippen LogP contribution in [0.5, 0.6) is 11.5 Å². The zero-order valence-corrected chi connectivity index (χ0v) is 8.91. The standard InChI is InChI=1S/C10H14O2.C2H2/c1-4-8-5-6-9(11-2)10(7-8)12-3;1-2/h5-7H,4H2,1-3H3;1-2H. The molecule has 1 aromatic rings. The molecule has 0 saturated heterocycles. The number of benzene rings is 1. The quantitative estimate of drug-likeness (QED) is 0.685. The van der Waals surface area contributed by atoms with Crippen LogP contribution in [0.1, 0.15) is 12.5 Å². The average Bonchev–Trinajstić information content (AvgIpc) is 2.30. The van der Waals surface area contributed by atoms with E-state index < -0.39 is 0 Å². The predicted molar refractivity (Wildman–Crippen MR) is 58.8 cm³/mol. The van der Waals surface area contributed by atoms with Gasteiger partial charge in [0.1, 0.15) is 0 Å². The normalized spacial score (nSPS) is 8.36. The maximum Gasteiger partial charge on any atom is 0.160 e. The molecule has 1 aromatic carbocycles. The Morgan fingerprint density at radius 2 is 1.64 bits per heavy atom. The van der Waals surface area contributed by atoms with Crippen LogP contribution in [0.3, 0.4) is 0 Å². The maximum atomic E-state index is 5.15. The smallest absolute Gasteiger partial charge is 0.160 e. The summed E-state index contributed by atoms with van der Waals surface area (Å²) in [6, 6.07) is 5.97. The van der Waals surface area contributed by atoms with E-state index in [1.54, 1.807) is 14.2 Å². The summed E-state index contributed by atoms with van der Waals surface area (Å²) >= 11 is 0. The van der Waals surface area contributed by atoms with E-state index in [1.807, 2.05) is 18.2 Å². The number of ether oxygens (including phenoxy) is 2. The zero-order chi connectivity index (χ0) is 11.0. The fourth-order valence-electron chi connectivity index (χ4n) is 1.10. The van der Waals surface area contributed by atoms with E-state index in [0.717, 1.165) is 17.9 Å². The summed E-state index contributed by atoms with van der Waals surface area (Å²) < 4.78 is 10.3. The van der Waals surface area contributed by atoms with Gasteiger partial charge in [0.2, 0.25) is 0 Å². The van der Waals surface area contributed by atoms with Crippen LogP contribution in [0.4, 0.5) is 0 Å². The molecule has 0 aliphatic carbocycles. The van der Waals surface area contributed by atoms with E-state index in [9.17, 15) is 0 Å². The van der Waals surface area contributed by atoms with E-state index in [0.29, 0.717) is 0 Å². The number of aryl methyl sites for hydroxylation is 1. The molecule has 0 heterocycles. The van der Waals surface area contributed by atoms with Crippen LogP contribution in [0, 0.1) is 12.8 Å². The molecule has 1 rings (SSSR count). The van der Waals surface area contributed by atoms with E-state index >= 15 is 0 Å². The van der Waals surface area contributed by atoms with Gasteiger partial charge in [-0.2, -0.15) is 0 Å². The van der Waals surface area contributed by atoms with Crippen molar-refractivity contribution in [3.8, 4) is 24.3 Å². The van der Waals surface area contributed by atoms with Gasteiger partial charge in [-0.3, -0.25) is 0 Å². The van der Waals surface area contributed by atoms with E-state index in [-0.39, 0.29) is 0 Å². The molecule has 0 unspecified atom stereocenters. The third-order valence-corrected chi connectivity index (χ3v) is 1.86. The molecule has 0 saturated carbocycles. The number of hydrogen-bond acceptors (Lipinski definition) is 2. The van der Waals surface area contributed by atoms with Crippen molar-refractivity contribution in [2.75, 3.05) is 14.2 Å². The third-order valence-electron chi connectivity index (χ3n) is 1.86. The van der Waals surface area contributed by atoms with Gasteiger partial charge in [0.25, 0.3) is 0 Å². The van der Waals surface area contributed by atoms with Crippen LogP contribution in [0.2, 0.25) is 0 Å². The molecule has 76 valence electrons. The second-order valence-electron chi connectivity index (χ2n) is 2.54. The Balaban J connectivity index is 0.000000791. The van der Waals surface area contributed by atoms with Crippen molar-refractivity contribution in [2.24, 2.45) is 0 Å². The monoisotopic (exact) mass is 192 g/mol. The van der Waals surface area contributed by atoms with E-state index in [2.05, 4.69) is 19.8 Å². The first kappa shape index (κ1) is 12.4. The Morgan fingerprint density at radius 1 is 1.07 bits per heavy atom. The molecule has 14 heavy (non-hydrogen) atoms. The first-order valence-corrected chi connectivity index (χ1v) is 4.36. The second kappa shape index (κ2) is 6.85. The van der Waals surface area contributed by atoms with Gasteiger partial charge >= 0.3 is 0 Å². The minimum atomic E-state index is 0.787. The number of terminal acetylenes is 1. The molecule has 0 spiro atoms. The van der Waals surface area contributed by atoms with Crippen LogP contribution in [0.25, 0.3) is 0 Å². The second-order valence-corrected chi connectivity index (χ2v) is 2.54. The van der Waals surface area contributed by atoms with Crippen LogP contribution in [0.15, 0.2) is 18.2 Å². The fourth-order valence-corrected chi connectivity index (χ4v) is 1.10. The molecule has 0 radical (unpaired) electrons. The highest BCUT2D eigenvalue weighted by atomic mass is 16.5. The highest BCUT2D eigenvalue weighted by Gasteiger charge is 2.02.